The topological polar surface area (TPSA) is 59.0 Å². The van der Waals surface area contributed by atoms with E-state index in [0.717, 1.165) is 16.6 Å². The lowest BCUT2D eigenvalue weighted by Crippen LogP contribution is -2.35. The van der Waals surface area contributed by atoms with Gasteiger partial charge in [0, 0.05) is 16.6 Å². The number of hydrogen-bond donors (Lipinski definition) is 2. The van der Waals surface area contributed by atoms with Gasteiger partial charge in [0.2, 0.25) is 0 Å². The molecule has 2 aromatic carbocycles. The molecule has 0 spiro atoms. The molecule has 0 aliphatic carbocycles. The first-order chi connectivity index (χ1) is 15.8. The fraction of sp³-hybridized carbons (Fsp3) is 0.238. The molecule has 2 atom stereocenters. The molecule has 0 saturated carbocycles. The Labute approximate surface area is 202 Å². The number of fused-ring (bicyclic) bond motifs is 1. The van der Waals surface area contributed by atoms with Crippen molar-refractivity contribution < 1.29 is 31.1 Å². The van der Waals surface area contributed by atoms with Crippen molar-refractivity contribution in [2.24, 2.45) is 0 Å². The van der Waals surface area contributed by atoms with E-state index in [9.17, 15) is 31.1 Å². The lowest BCUT2D eigenvalue weighted by molar-refractivity contribution is -0.173. The van der Waals surface area contributed by atoms with Crippen LogP contribution in [0.2, 0.25) is 5.02 Å². The van der Waals surface area contributed by atoms with E-state index >= 15 is 0 Å². The summed E-state index contributed by atoms with van der Waals surface area (Å²) in [5, 5.41) is 8.50. The number of nitrogens with one attached hydrogen (secondary N) is 2. The van der Waals surface area contributed by atoms with E-state index in [1.807, 2.05) is 0 Å². The quantitative estimate of drug-likeness (QED) is 0.328. The summed E-state index contributed by atoms with van der Waals surface area (Å²) in [6, 6.07) is 7.61. The van der Waals surface area contributed by atoms with Crippen LogP contribution < -0.4 is 10.6 Å². The van der Waals surface area contributed by atoms with Crippen molar-refractivity contribution in [1.29, 1.82) is 0 Å². The Morgan fingerprint density at radius 1 is 1.12 bits per heavy atom. The molecule has 1 aliphatic rings. The highest BCUT2D eigenvalue weighted by Gasteiger charge is 2.48. The van der Waals surface area contributed by atoms with Gasteiger partial charge in [0.15, 0.2) is 11.7 Å². The number of rotatable bonds is 3. The molecule has 1 aromatic heterocycles. The smallest absolute Gasteiger partial charge is 0.362 e. The average molecular weight is 568 g/mol. The second kappa shape index (κ2) is 8.81. The van der Waals surface area contributed by atoms with Crippen LogP contribution in [-0.4, -0.2) is 21.9 Å². The van der Waals surface area contributed by atoms with Gasteiger partial charge in [-0.15, -0.1) is 0 Å². The maximum atomic E-state index is 13.9. The number of amides is 1. The monoisotopic (exact) mass is 566 g/mol. The normalized spacial score (nSPS) is 18.2. The molecule has 1 amide bonds. The maximum absolute atomic E-state index is 13.9. The number of carbonyl (C=O) groups excluding carboxylic acids is 1. The summed E-state index contributed by atoms with van der Waals surface area (Å²) in [5.41, 5.74) is -1.20. The highest BCUT2D eigenvalue weighted by Crippen LogP contribution is 2.46. The highest BCUT2D eigenvalue weighted by molar-refractivity contribution is 9.10. The summed E-state index contributed by atoms with van der Waals surface area (Å²) in [6.45, 7) is 0. The van der Waals surface area contributed by atoms with Crippen LogP contribution in [0, 0.1) is 0 Å². The molecule has 2 N–H and O–H groups in total. The van der Waals surface area contributed by atoms with Crippen LogP contribution >= 0.6 is 27.5 Å². The van der Waals surface area contributed by atoms with Crippen molar-refractivity contribution >= 4 is 44.9 Å². The van der Waals surface area contributed by atoms with Crippen LogP contribution in [0.4, 0.5) is 37.8 Å². The number of hydrogen-bond acceptors (Lipinski definition) is 3. The van der Waals surface area contributed by atoms with Crippen LogP contribution in [0.3, 0.4) is 0 Å². The Kier molecular flexibility index (Phi) is 6.32. The van der Waals surface area contributed by atoms with Crippen molar-refractivity contribution in [3.05, 3.63) is 74.8 Å². The number of nitrogens with zero attached hydrogens (tertiary/aromatic N) is 2. The van der Waals surface area contributed by atoms with Gasteiger partial charge < -0.3 is 10.6 Å². The van der Waals surface area contributed by atoms with E-state index in [4.69, 9.17) is 11.6 Å². The van der Waals surface area contributed by atoms with Gasteiger partial charge in [0.1, 0.15) is 10.8 Å². The first-order valence-electron chi connectivity index (χ1n) is 9.70. The lowest BCUT2D eigenvalue weighted by Gasteiger charge is -2.33. The van der Waals surface area contributed by atoms with Gasteiger partial charge in [0.25, 0.3) is 5.91 Å². The van der Waals surface area contributed by atoms with Crippen molar-refractivity contribution in [3.63, 3.8) is 0 Å². The van der Waals surface area contributed by atoms with E-state index in [2.05, 4.69) is 31.7 Å². The zero-order valence-corrected chi connectivity index (χ0v) is 19.1. The molecule has 4 rings (SSSR count). The minimum absolute atomic E-state index is 0.211. The molecule has 0 unspecified atom stereocenters. The molecule has 2 heterocycles. The second-order valence-electron chi connectivity index (χ2n) is 7.53. The lowest BCUT2D eigenvalue weighted by atomic mass is 9.97. The first kappa shape index (κ1) is 24.4. The number of carbonyl (C=O) groups is 1. The summed E-state index contributed by atoms with van der Waals surface area (Å²) < 4.78 is 81.8. The minimum atomic E-state index is -4.70. The maximum Gasteiger partial charge on any atom is 0.416 e. The van der Waals surface area contributed by atoms with Gasteiger partial charge in [0.05, 0.1) is 11.6 Å². The molecular weight excluding hydrogens is 554 g/mol. The summed E-state index contributed by atoms with van der Waals surface area (Å²) in [7, 11) is 0. The van der Waals surface area contributed by atoms with Crippen LogP contribution in [-0.2, 0) is 6.18 Å². The molecular formula is C21H14BrClF6N4O. The Morgan fingerprint density at radius 2 is 1.79 bits per heavy atom. The van der Waals surface area contributed by atoms with Gasteiger partial charge >= 0.3 is 12.4 Å². The largest absolute Gasteiger partial charge is 0.416 e. The van der Waals surface area contributed by atoms with E-state index < -0.39 is 48.0 Å². The number of benzene rings is 2. The molecule has 13 heteroatoms. The molecule has 5 nitrogen and oxygen atoms in total. The number of anilines is 2. The average Bonchev–Trinajstić information content (AvgIpc) is 3.09. The van der Waals surface area contributed by atoms with Gasteiger partial charge in [-0.1, -0.05) is 45.7 Å². The molecule has 34 heavy (non-hydrogen) atoms. The fourth-order valence-corrected chi connectivity index (χ4v) is 4.14. The summed E-state index contributed by atoms with van der Waals surface area (Å²) in [4.78, 5) is 12.7. The van der Waals surface area contributed by atoms with E-state index in [0.29, 0.717) is 16.3 Å². The Morgan fingerprint density at radius 3 is 2.41 bits per heavy atom. The molecule has 0 saturated heterocycles. The van der Waals surface area contributed by atoms with Crippen molar-refractivity contribution in [2.75, 3.05) is 10.6 Å². The van der Waals surface area contributed by atoms with Crippen LogP contribution in [0.25, 0.3) is 0 Å². The van der Waals surface area contributed by atoms with Crippen molar-refractivity contribution in [2.45, 2.75) is 30.9 Å². The van der Waals surface area contributed by atoms with E-state index in [1.54, 1.807) is 24.3 Å². The predicted octanol–water partition coefficient (Wildman–Crippen LogP) is 7.23. The third kappa shape index (κ3) is 4.88. The van der Waals surface area contributed by atoms with Gasteiger partial charge in [-0.25, -0.2) is 4.68 Å². The van der Waals surface area contributed by atoms with Gasteiger partial charge in [-0.05, 0) is 35.9 Å². The van der Waals surface area contributed by atoms with E-state index in [1.165, 1.54) is 6.07 Å². The first-order valence-corrected chi connectivity index (χ1v) is 10.9. The Bertz CT molecular complexity index is 1230. The molecule has 0 radical (unpaired) electrons. The van der Waals surface area contributed by atoms with Gasteiger partial charge in [-0.2, -0.15) is 31.4 Å². The predicted molar refractivity (Wildman–Crippen MR) is 117 cm³/mol. The fourth-order valence-electron chi connectivity index (χ4n) is 3.61. The van der Waals surface area contributed by atoms with E-state index in [-0.39, 0.29) is 16.5 Å². The Balaban J connectivity index is 1.67. The zero-order valence-electron chi connectivity index (χ0n) is 16.8. The minimum Gasteiger partial charge on any atom is -0.362 e. The summed E-state index contributed by atoms with van der Waals surface area (Å²) in [6.07, 6.45) is -9.75. The van der Waals surface area contributed by atoms with Crippen molar-refractivity contribution in [1.82, 2.24) is 9.78 Å². The molecule has 0 fully saturated rings. The SMILES string of the molecule is O=C(Nc1cccc(C(F)(F)F)c1)c1nn2c(c1Cl)N[C@H](c1ccc(Br)cc1)C[C@H]2C(F)(F)F. The standard InChI is InChI=1S/C21H14BrClF6N4O/c22-12-6-4-10(5-7-12)14-9-15(21(27,28)29)33-18(31-14)16(23)17(32-33)19(34)30-13-3-1-2-11(8-13)20(24,25)26/h1-8,14-15,31H,9H2,(H,30,34)/t14-,15-/m0/s1. The second-order valence-corrected chi connectivity index (χ2v) is 8.82. The number of halogens is 8. The highest BCUT2D eigenvalue weighted by atomic mass is 79.9. The molecule has 0 bridgehead atoms. The van der Waals surface area contributed by atoms with Crippen LogP contribution in [0.5, 0.6) is 0 Å². The zero-order chi connectivity index (χ0) is 24.8. The molecule has 1 aliphatic heterocycles. The molecule has 180 valence electrons. The van der Waals surface area contributed by atoms with Gasteiger partial charge in [-0.3, -0.25) is 4.79 Å². The van der Waals surface area contributed by atoms with Crippen LogP contribution in [0.1, 0.15) is 40.1 Å². The summed E-state index contributed by atoms with van der Waals surface area (Å²) >= 11 is 9.51. The number of alkyl halides is 6. The third-order valence-corrected chi connectivity index (χ3v) is 6.12. The van der Waals surface area contributed by atoms with Crippen molar-refractivity contribution in [3.8, 4) is 0 Å². The third-order valence-electron chi connectivity index (χ3n) is 5.23. The van der Waals surface area contributed by atoms with Crippen LogP contribution in [0.15, 0.2) is 53.0 Å². The number of aromatic nitrogens is 2. The Hall–Kier alpha value is -2.73. The summed E-state index contributed by atoms with van der Waals surface area (Å²) in [5.74, 6) is -1.26. The molecule has 3 aromatic rings.